The third kappa shape index (κ3) is 2.61. The predicted molar refractivity (Wildman–Crippen MR) is 110 cm³/mol. The van der Waals surface area contributed by atoms with Gasteiger partial charge in [-0.3, -0.25) is 4.40 Å². The fraction of sp³-hybridized carbons (Fsp3) is 0.125. The van der Waals surface area contributed by atoms with Gasteiger partial charge in [0.25, 0.3) is 0 Å². The number of benzene rings is 3. The topological polar surface area (TPSA) is 17.3 Å². The summed E-state index contributed by atoms with van der Waals surface area (Å²) in [5, 5.41) is 2.16. The van der Waals surface area contributed by atoms with E-state index >= 15 is 0 Å². The van der Waals surface area contributed by atoms with E-state index in [2.05, 4.69) is 4.98 Å². The van der Waals surface area contributed by atoms with E-state index < -0.39 is 11.7 Å². The summed E-state index contributed by atoms with van der Waals surface area (Å²) in [6.45, 7) is 4.07. The number of aryl methyl sites for hydroxylation is 2. The van der Waals surface area contributed by atoms with Crippen LogP contribution in [0, 0.1) is 13.8 Å². The highest BCUT2D eigenvalue weighted by Gasteiger charge is 2.31. The molecule has 5 heteroatoms. The van der Waals surface area contributed by atoms with Crippen LogP contribution in [-0.4, -0.2) is 9.38 Å². The molecule has 0 radical (unpaired) electrons. The maximum atomic E-state index is 13.4. The molecule has 2 aromatic heterocycles. The Balaban J connectivity index is 2.00. The van der Waals surface area contributed by atoms with Crippen LogP contribution in [0.15, 0.2) is 66.9 Å². The minimum Gasteiger partial charge on any atom is -0.292 e. The van der Waals surface area contributed by atoms with Gasteiger partial charge in [0.15, 0.2) is 0 Å². The van der Waals surface area contributed by atoms with Gasteiger partial charge in [-0.1, -0.05) is 42.5 Å². The molecule has 2 heterocycles. The van der Waals surface area contributed by atoms with Crippen molar-refractivity contribution < 1.29 is 13.2 Å². The molecule has 0 fully saturated rings. The summed E-state index contributed by atoms with van der Waals surface area (Å²) in [5.41, 5.74) is 4.93. The van der Waals surface area contributed by atoms with E-state index in [-0.39, 0.29) is 0 Å². The van der Waals surface area contributed by atoms with Crippen molar-refractivity contribution in [2.24, 2.45) is 0 Å². The molecular formula is C24H17F3N2. The minimum absolute atomic E-state index is 0.563. The highest BCUT2D eigenvalue weighted by molar-refractivity contribution is 6.12. The minimum atomic E-state index is -4.39. The monoisotopic (exact) mass is 390 g/mol. The van der Waals surface area contributed by atoms with Crippen molar-refractivity contribution in [1.82, 2.24) is 9.38 Å². The molecule has 2 nitrogen and oxygen atoms in total. The van der Waals surface area contributed by atoms with E-state index in [4.69, 9.17) is 0 Å². The first-order valence-corrected chi connectivity index (χ1v) is 9.32. The van der Waals surface area contributed by atoms with Crippen molar-refractivity contribution in [1.29, 1.82) is 0 Å². The average molecular weight is 390 g/mol. The lowest BCUT2D eigenvalue weighted by atomic mass is 9.99. The highest BCUT2D eigenvalue weighted by atomic mass is 19.4. The second-order valence-corrected chi connectivity index (χ2v) is 7.34. The maximum Gasteiger partial charge on any atom is 0.416 e. The van der Waals surface area contributed by atoms with Crippen LogP contribution in [0.2, 0.25) is 0 Å². The quantitative estimate of drug-likeness (QED) is 0.283. The van der Waals surface area contributed by atoms with E-state index in [1.165, 1.54) is 6.07 Å². The molecule has 5 aromatic rings. The number of pyridine rings is 1. The van der Waals surface area contributed by atoms with Crippen molar-refractivity contribution in [2.75, 3.05) is 0 Å². The Labute approximate surface area is 165 Å². The number of halogens is 3. The number of alkyl halides is 3. The Bertz CT molecular complexity index is 1390. The summed E-state index contributed by atoms with van der Waals surface area (Å²) in [6.07, 6.45) is -2.58. The SMILES string of the molecule is Cc1cccc(C)c1-c1cnc2c3ccccc3c3cc(C(F)(F)F)ccc3n12. The molecule has 29 heavy (non-hydrogen) atoms. The van der Waals surface area contributed by atoms with Crippen LogP contribution in [-0.2, 0) is 6.18 Å². The first kappa shape index (κ1) is 17.7. The van der Waals surface area contributed by atoms with Crippen LogP contribution >= 0.6 is 0 Å². The molecule has 144 valence electrons. The van der Waals surface area contributed by atoms with Crippen molar-refractivity contribution in [2.45, 2.75) is 20.0 Å². The van der Waals surface area contributed by atoms with E-state index in [1.54, 1.807) is 6.07 Å². The van der Waals surface area contributed by atoms with Crippen LogP contribution in [0.1, 0.15) is 16.7 Å². The molecular weight excluding hydrogens is 373 g/mol. The summed E-state index contributed by atoms with van der Waals surface area (Å²) in [4.78, 5) is 4.67. The van der Waals surface area contributed by atoms with Crippen molar-refractivity contribution in [3.8, 4) is 11.3 Å². The third-order valence-corrected chi connectivity index (χ3v) is 5.52. The van der Waals surface area contributed by atoms with Crippen LogP contribution in [0.5, 0.6) is 0 Å². The standard InChI is InChI=1S/C24H17F3N2/c1-14-6-5-7-15(2)22(14)21-13-28-23-18-9-4-3-8-17(18)19-12-16(24(25,26)27)10-11-20(19)29(21)23/h3-13H,1-2H3. The zero-order valence-corrected chi connectivity index (χ0v) is 15.9. The van der Waals surface area contributed by atoms with Gasteiger partial charge in [-0.25, -0.2) is 4.98 Å². The second-order valence-electron chi connectivity index (χ2n) is 7.34. The van der Waals surface area contributed by atoms with Gasteiger partial charge in [0.05, 0.1) is 23.0 Å². The van der Waals surface area contributed by atoms with E-state index in [9.17, 15) is 13.2 Å². The molecule has 0 unspecified atom stereocenters. The Morgan fingerprint density at radius 2 is 1.48 bits per heavy atom. The van der Waals surface area contributed by atoms with E-state index in [0.717, 1.165) is 44.9 Å². The van der Waals surface area contributed by atoms with Gasteiger partial charge in [0.2, 0.25) is 0 Å². The lowest BCUT2D eigenvalue weighted by Crippen LogP contribution is -2.05. The summed E-state index contributed by atoms with van der Waals surface area (Å²) >= 11 is 0. The van der Waals surface area contributed by atoms with Crippen LogP contribution < -0.4 is 0 Å². The van der Waals surface area contributed by atoms with Gasteiger partial charge in [0.1, 0.15) is 5.65 Å². The fourth-order valence-corrected chi connectivity index (χ4v) is 4.22. The number of aromatic nitrogens is 2. The molecule has 0 aliphatic heterocycles. The van der Waals surface area contributed by atoms with Gasteiger partial charge in [-0.15, -0.1) is 0 Å². The number of hydrogen-bond donors (Lipinski definition) is 0. The molecule has 0 amide bonds. The Morgan fingerprint density at radius 1 is 0.793 bits per heavy atom. The van der Waals surface area contributed by atoms with Crippen LogP contribution in [0.4, 0.5) is 13.2 Å². The maximum absolute atomic E-state index is 13.4. The smallest absolute Gasteiger partial charge is 0.292 e. The Hall–Kier alpha value is -3.34. The van der Waals surface area contributed by atoms with Gasteiger partial charge >= 0.3 is 6.18 Å². The summed E-state index contributed by atoms with van der Waals surface area (Å²) in [6, 6.07) is 17.5. The zero-order valence-electron chi connectivity index (χ0n) is 15.9. The van der Waals surface area contributed by atoms with Gasteiger partial charge in [-0.2, -0.15) is 13.2 Å². The lowest BCUT2D eigenvalue weighted by molar-refractivity contribution is -0.137. The number of fused-ring (bicyclic) bond motifs is 6. The summed E-state index contributed by atoms with van der Waals surface area (Å²) < 4.78 is 42.2. The number of imidazole rings is 1. The molecule has 0 spiro atoms. The predicted octanol–water partition coefficient (Wildman–Crippen LogP) is 6.94. The lowest BCUT2D eigenvalue weighted by Gasteiger charge is -2.15. The number of hydrogen-bond acceptors (Lipinski definition) is 1. The first-order chi connectivity index (χ1) is 13.9. The van der Waals surface area contributed by atoms with E-state index in [1.807, 2.05) is 66.9 Å². The fourth-order valence-electron chi connectivity index (χ4n) is 4.22. The molecule has 0 atom stereocenters. The molecule has 0 saturated heterocycles. The molecule has 0 aliphatic rings. The largest absolute Gasteiger partial charge is 0.416 e. The number of rotatable bonds is 1. The molecule has 5 rings (SSSR count). The molecule has 0 bridgehead atoms. The number of nitrogens with zero attached hydrogens (tertiary/aromatic N) is 2. The Morgan fingerprint density at radius 3 is 2.17 bits per heavy atom. The summed E-state index contributed by atoms with van der Waals surface area (Å²) in [5.74, 6) is 0. The molecule has 0 saturated carbocycles. The van der Waals surface area contributed by atoms with Gasteiger partial charge in [-0.05, 0) is 48.6 Å². The van der Waals surface area contributed by atoms with Crippen molar-refractivity contribution >= 4 is 27.3 Å². The van der Waals surface area contributed by atoms with Crippen LogP contribution in [0.3, 0.4) is 0 Å². The van der Waals surface area contributed by atoms with Crippen molar-refractivity contribution in [3.63, 3.8) is 0 Å². The third-order valence-electron chi connectivity index (χ3n) is 5.52. The van der Waals surface area contributed by atoms with Crippen LogP contribution in [0.25, 0.3) is 38.6 Å². The first-order valence-electron chi connectivity index (χ1n) is 9.32. The van der Waals surface area contributed by atoms with Gasteiger partial charge < -0.3 is 0 Å². The average Bonchev–Trinajstić information content (AvgIpc) is 3.12. The molecule has 0 N–H and O–H groups in total. The van der Waals surface area contributed by atoms with E-state index in [0.29, 0.717) is 10.9 Å². The molecule has 3 aromatic carbocycles. The normalized spacial score (nSPS) is 12.3. The second kappa shape index (κ2) is 6.08. The highest BCUT2D eigenvalue weighted by Crippen LogP contribution is 2.38. The van der Waals surface area contributed by atoms with Gasteiger partial charge in [0, 0.05) is 16.3 Å². The Kier molecular flexibility index (Phi) is 3.72. The summed E-state index contributed by atoms with van der Waals surface area (Å²) in [7, 11) is 0. The molecule has 0 aliphatic carbocycles. The van der Waals surface area contributed by atoms with Crippen molar-refractivity contribution in [3.05, 3.63) is 83.6 Å². The zero-order chi connectivity index (χ0) is 20.3.